The summed E-state index contributed by atoms with van der Waals surface area (Å²) in [6.07, 6.45) is 0.864. The van der Waals surface area contributed by atoms with Crippen molar-refractivity contribution in [1.29, 1.82) is 0 Å². The highest BCUT2D eigenvalue weighted by molar-refractivity contribution is 5.98. The molecule has 0 aliphatic carbocycles. The number of benzene rings is 2. The van der Waals surface area contributed by atoms with Gasteiger partial charge in [0.2, 0.25) is 5.78 Å². The topological polar surface area (TPSA) is 69.6 Å². The minimum absolute atomic E-state index is 0.0523. The third-order valence-electron chi connectivity index (χ3n) is 5.48. The van der Waals surface area contributed by atoms with Crippen LogP contribution in [0, 0.1) is 13.8 Å². The Labute approximate surface area is 189 Å². The van der Waals surface area contributed by atoms with Gasteiger partial charge in [-0.2, -0.15) is 0 Å². The van der Waals surface area contributed by atoms with E-state index in [1.54, 1.807) is 31.4 Å². The Morgan fingerprint density at radius 2 is 1.62 bits per heavy atom. The number of hydrogen-bond acceptors (Lipinski definition) is 4. The van der Waals surface area contributed by atoms with E-state index < -0.39 is 0 Å². The number of nitrogens with zero attached hydrogens (tertiary/aromatic N) is 1. The Morgan fingerprint density at radius 1 is 0.969 bits per heavy atom. The van der Waals surface area contributed by atoms with Crippen molar-refractivity contribution in [2.45, 2.75) is 33.7 Å². The standard InChI is InChI=1S/C26H30N2O4/c1-5-27-26(30)21-8-12-23(13-9-21)32-17-25(29)24-16-18(2)28(19(24)3)15-14-20-6-10-22(31-4)11-7-20/h6-13,16H,5,14-15,17H2,1-4H3,(H,27,30). The van der Waals surface area contributed by atoms with E-state index in [0.717, 1.165) is 30.1 Å². The summed E-state index contributed by atoms with van der Waals surface area (Å²) in [6.45, 7) is 7.16. The first-order valence-electron chi connectivity index (χ1n) is 10.8. The van der Waals surface area contributed by atoms with E-state index in [0.29, 0.717) is 23.4 Å². The molecule has 0 bridgehead atoms. The molecule has 2 aromatic carbocycles. The molecule has 0 fully saturated rings. The number of carbonyl (C=O) groups excluding carboxylic acids is 2. The van der Waals surface area contributed by atoms with E-state index in [1.807, 2.05) is 39.0 Å². The molecule has 0 unspecified atom stereocenters. The van der Waals surface area contributed by atoms with Gasteiger partial charge in [-0.15, -0.1) is 0 Å². The lowest BCUT2D eigenvalue weighted by Gasteiger charge is -2.11. The maximum atomic E-state index is 12.8. The van der Waals surface area contributed by atoms with Gasteiger partial charge in [-0.1, -0.05) is 12.1 Å². The lowest BCUT2D eigenvalue weighted by atomic mass is 10.1. The van der Waals surface area contributed by atoms with Gasteiger partial charge in [0.05, 0.1) is 7.11 Å². The molecule has 1 heterocycles. The molecule has 1 N–H and O–H groups in total. The molecule has 0 spiro atoms. The monoisotopic (exact) mass is 434 g/mol. The minimum atomic E-state index is -0.128. The van der Waals surface area contributed by atoms with Crippen LogP contribution in [0.1, 0.15) is 44.6 Å². The van der Waals surface area contributed by atoms with Crippen molar-refractivity contribution in [2.24, 2.45) is 0 Å². The third kappa shape index (κ3) is 5.58. The van der Waals surface area contributed by atoms with Crippen LogP contribution in [0.3, 0.4) is 0 Å². The van der Waals surface area contributed by atoms with Crippen LogP contribution in [0.25, 0.3) is 0 Å². The predicted octanol–water partition coefficient (Wildman–Crippen LogP) is 4.37. The first-order valence-corrected chi connectivity index (χ1v) is 10.8. The number of amides is 1. The van der Waals surface area contributed by atoms with Crippen molar-refractivity contribution in [3.05, 3.63) is 82.7 Å². The second kappa shape index (κ2) is 10.7. The SMILES string of the molecule is CCNC(=O)c1ccc(OCC(=O)c2cc(C)n(CCc3ccc(OC)cc3)c2C)cc1. The van der Waals surface area contributed by atoms with Crippen LogP contribution in [0.5, 0.6) is 11.5 Å². The summed E-state index contributed by atoms with van der Waals surface area (Å²) in [6, 6.07) is 16.7. The number of carbonyl (C=O) groups is 2. The van der Waals surface area contributed by atoms with Gasteiger partial charge < -0.3 is 19.4 Å². The highest BCUT2D eigenvalue weighted by atomic mass is 16.5. The van der Waals surface area contributed by atoms with E-state index >= 15 is 0 Å². The van der Waals surface area contributed by atoms with E-state index in [-0.39, 0.29) is 18.3 Å². The van der Waals surface area contributed by atoms with Crippen LogP contribution >= 0.6 is 0 Å². The number of Topliss-reactive ketones (excluding diaryl/α,β-unsaturated/α-hetero) is 1. The molecule has 32 heavy (non-hydrogen) atoms. The molecule has 0 aliphatic rings. The quantitative estimate of drug-likeness (QED) is 0.481. The minimum Gasteiger partial charge on any atom is -0.497 e. The van der Waals surface area contributed by atoms with Crippen molar-refractivity contribution < 1.29 is 19.1 Å². The van der Waals surface area contributed by atoms with Gasteiger partial charge in [0.1, 0.15) is 11.5 Å². The number of hydrogen-bond donors (Lipinski definition) is 1. The fourth-order valence-electron chi connectivity index (χ4n) is 3.65. The van der Waals surface area contributed by atoms with Gasteiger partial charge in [0.25, 0.3) is 5.91 Å². The second-order valence-corrected chi connectivity index (χ2v) is 7.63. The number of aryl methyl sites for hydroxylation is 2. The fourth-order valence-corrected chi connectivity index (χ4v) is 3.65. The number of nitrogens with one attached hydrogen (secondary N) is 1. The molecule has 6 nitrogen and oxygen atoms in total. The van der Waals surface area contributed by atoms with Gasteiger partial charge in [0, 0.05) is 35.6 Å². The lowest BCUT2D eigenvalue weighted by molar-refractivity contribution is 0.0918. The van der Waals surface area contributed by atoms with Crippen molar-refractivity contribution in [3.63, 3.8) is 0 Å². The largest absolute Gasteiger partial charge is 0.497 e. The van der Waals surface area contributed by atoms with Gasteiger partial charge in [-0.05, 0) is 75.2 Å². The van der Waals surface area contributed by atoms with Gasteiger partial charge in [-0.3, -0.25) is 9.59 Å². The Kier molecular flexibility index (Phi) is 7.71. The molecule has 0 saturated carbocycles. The molecular weight excluding hydrogens is 404 g/mol. The summed E-state index contributed by atoms with van der Waals surface area (Å²) >= 11 is 0. The zero-order valence-corrected chi connectivity index (χ0v) is 19.1. The van der Waals surface area contributed by atoms with E-state index in [2.05, 4.69) is 22.0 Å². The zero-order valence-electron chi connectivity index (χ0n) is 19.1. The summed E-state index contributed by atoms with van der Waals surface area (Å²) in [4.78, 5) is 24.6. The van der Waals surface area contributed by atoms with Crippen LogP contribution in [0.4, 0.5) is 0 Å². The summed E-state index contributed by atoms with van der Waals surface area (Å²) in [5, 5.41) is 2.75. The molecule has 6 heteroatoms. The number of ketones is 1. The Morgan fingerprint density at radius 3 is 2.25 bits per heavy atom. The Balaban J connectivity index is 1.60. The molecule has 3 rings (SSSR count). The fraction of sp³-hybridized carbons (Fsp3) is 0.308. The summed E-state index contributed by atoms with van der Waals surface area (Å²) in [5.41, 5.74) is 4.44. The van der Waals surface area contributed by atoms with E-state index in [9.17, 15) is 9.59 Å². The number of rotatable bonds is 10. The molecule has 3 aromatic rings. The van der Waals surface area contributed by atoms with E-state index in [1.165, 1.54) is 5.56 Å². The molecule has 0 aliphatic heterocycles. The maximum Gasteiger partial charge on any atom is 0.251 e. The molecule has 1 aromatic heterocycles. The van der Waals surface area contributed by atoms with Gasteiger partial charge >= 0.3 is 0 Å². The highest BCUT2D eigenvalue weighted by Gasteiger charge is 2.16. The highest BCUT2D eigenvalue weighted by Crippen LogP contribution is 2.19. The lowest BCUT2D eigenvalue weighted by Crippen LogP contribution is -2.22. The van der Waals surface area contributed by atoms with E-state index in [4.69, 9.17) is 9.47 Å². The molecule has 0 radical (unpaired) electrons. The summed E-state index contributed by atoms with van der Waals surface area (Å²) in [5.74, 6) is 1.20. The molecule has 0 saturated heterocycles. The van der Waals surface area contributed by atoms with Gasteiger partial charge in [-0.25, -0.2) is 0 Å². The average molecular weight is 435 g/mol. The second-order valence-electron chi connectivity index (χ2n) is 7.63. The van der Waals surface area contributed by atoms with Crippen LogP contribution in [0.2, 0.25) is 0 Å². The number of methoxy groups -OCH3 is 1. The summed E-state index contributed by atoms with van der Waals surface area (Å²) in [7, 11) is 1.66. The van der Waals surface area contributed by atoms with Crippen LogP contribution < -0.4 is 14.8 Å². The first-order chi connectivity index (χ1) is 15.4. The van der Waals surface area contributed by atoms with Crippen molar-refractivity contribution in [2.75, 3.05) is 20.3 Å². The Hall–Kier alpha value is -3.54. The van der Waals surface area contributed by atoms with Crippen LogP contribution in [-0.4, -0.2) is 36.5 Å². The zero-order chi connectivity index (χ0) is 23.1. The molecular formula is C26H30N2O4. The van der Waals surface area contributed by atoms with Crippen molar-refractivity contribution >= 4 is 11.7 Å². The smallest absolute Gasteiger partial charge is 0.251 e. The number of ether oxygens (including phenoxy) is 2. The third-order valence-corrected chi connectivity index (χ3v) is 5.48. The Bertz CT molecular complexity index is 1070. The van der Waals surface area contributed by atoms with Crippen LogP contribution in [0.15, 0.2) is 54.6 Å². The molecule has 168 valence electrons. The normalized spacial score (nSPS) is 10.6. The molecule has 0 atom stereocenters. The molecule has 1 amide bonds. The van der Waals surface area contributed by atoms with Crippen LogP contribution in [-0.2, 0) is 13.0 Å². The van der Waals surface area contributed by atoms with Gasteiger partial charge in [0.15, 0.2) is 6.61 Å². The van der Waals surface area contributed by atoms with Crippen molar-refractivity contribution in [1.82, 2.24) is 9.88 Å². The average Bonchev–Trinajstić information content (AvgIpc) is 3.10. The predicted molar refractivity (Wildman–Crippen MR) is 125 cm³/mol. The first kappa shape index (κ1) is 23.1. The number of aromatic nitrogens is 1. The summed E-state index contributed by atoms with van der Waals surface area (Å²) < 4.78 is 13.0. The van der Waals surface area contributed by atoms with Crippen molar-refractivity contribution in [3.8, 4) is 11.5 Å². The maximum absolute atomic E-state index is 12.8.